The number of nitroso groups, excluding NO2 is 1. The van der Waals surface area contributed by atoms with Crippen LogP contribution in [0, 0.1) is 23.2 Å². The summed E-state index contributed by atoms with van der Waals surface area (Å²) >= 11 is 0. The van der Waals surface area contributed by atoms with E-state index in [9.17, 15) is 4.91 Å². The number of benzene rings is 2. The maximum atomic E-state index is 10.7. The van der Waals surface area contributed by atoms with E-state index < -0.39 is 6.04 Å². The van der Waals surface area contributed by atoms with E-state index in [1.165, 1.54) is 0 Å². The van der Waals surface area contributed by atoms with Crippen molar-refractivity contribution in [3.63, 3.8) is 0 Å². The minimum absolute atomic E-state index is 0.300. The lowest BCUT2D eigenvalue weighted by Crippen LogP contribution is -2.03. The van der Waals surface area contributed by atoms with E-state index >= 15 is 0 Å². The number of para-hydroxylation sites is 1. The second-order valence-corrected chi connectivity index (χ2v) is 4.39. The SMILES string of the molecule is Cc1ccccc1OCc1ccccc1C(C#N)N=O. The Balaban J connectivity index is 2.20. The maximum Gasteiger partial charge on any atom is 0.203 e. The monoisotopic (exact) mass is 266 g/mol. The lowest BCUT2D eigenvalue weighted by atomic mass is 10.0. The van der Waals surface area contributed by atoms with Gasteiger partial charge in [0.05, 0.1) is 6.07 Å². The molecule has 0 amide bonds. The van der Waals surface area contributed by atoms with Gasteiger partial charge in [0.15, 0.2) is 0 Å². The first-order chi connectivity index (χ1) is 9.76. The van der Waals surface area contributed by atoms with Crippen molar-refractivity contribution in [1.82, 2.24) is 0 Å². The fraction of sp³-hybridized carbons (Fsp3) is 0.188. The molecular weight excluding hydrogens is 252 g/mol. The largest absolute Gasteiger partial charge is 0.489 e. The van der Waals surface area contributed by atoms with Gasteiger partial charge in [0.25, 0.3) is 0 Å². The van der Waals surface area contributed by atoms with Crippen molar-refractivity contribution in [2.45, 2.75) is 19.6 Å². The standard InChI is InChI=1S/C16H14N2O2/c1-12-6-2-5-9-16(12)20-11-13-7-3-4-8-14(13)15(10-17)18-19/h2-9,15H,11H2,1H3. The van der Waals surface area contributed by atoms with Crippen molar-refractivity contribution < 1.29 is 4.74 Å². The van der Waals surface area contributed by atoms with Crippen molar-refractivity contribution in [2.75, 3.05) is 0 Å². The van der Waals surface area contributed by atoms with Gasteiger partial charge in [-0.25, -0.2) is 0 Å². The summed E-state index contributed by atoms with van der Waals surface area (Å²) in [6.07, 6.45) is 0. The third-order valence-corrected chi connectivity index (χ3v) is 3.05. The van der Waals surface area contributed by atoms with Crippen LogP contribution >= 0.6 is 0 Å². The van der Waals surface area contributed by atoms with Gasteiger partial charge in [0.2, 0.25) is 6.04 Å². The molecule has 0 aliphatic heterocycles. The zero-order chi connectivity index (χ0) is 14.4. The highest BCUT2D eigenvalue weighted by Gasteiger charge is 2.15. The summed E-state index contributed by atoms with van der Waals surface area (Å²) in [7, 11) is 0. The van der Waals surface area contributed by atoms with Gasteiger partial charge in [-0.3, -0.25) is 0 Å². The Morgan fingerprint density at radius 3 is 2.60 bits per heavy atom. The van der Waals surface area contributed by atoms with E-state index in [0.29, 0.717) is 12.2 Å². The number of nitrogens with zero attached hydrogens (tertiary/aromatic N) is 2. The first-order valence-electron chi connectivity index (χ1n) is 6.24. The quantitative estimate of drug-likeness (QED) is 0.771. The molecule has 4 heteroatoms. The highest BCUT2D eigenvalue weighted by molar-refractivity contribution is 5.35. The lowest BCUT2D eigenvalue weighted by molar-refractivity contribution is 0.302. The molecule has 0 aliphatic carbocycles. The van der Waals surface area contributed by atoms with Gasteiger partial charge in [0, 0.05) is 5.56 Å². The zero-order valence-corrected chi connectivity index (χ0v) is 11.1. The zero-order valence-electron chi connectivity index (χ0n) is 11.1. The molecule has 0 spiro atoms. The molecule has 0 aliphatic rings. The fourth-order valence-electron chi connectivity index (χ4n) is 1.96. The normalized spacial score (nSPS) is 11.4. The average Bonchev–Trinajstić information content (AvgIpc) is 2.49. The Kier molecular flexibility index (Phi) is 4.46. The van der Waals surface area contributed by atoms with Gasteiger partial charge in [-0.15, -0.1) is 4.91 Å². The molecule has 1 atom stereocenters. The molecule has 20 heavy (non-hydrogen) atoms. The maximum absolute atomic E-state index is 10.7. The van der Waals surface area contributed by atoms with Crippen molar-refractivity contribution in [1.29, 1.82) is 5.26 Å². The molecule has 0 saturated carbocycles. The molecule has 0 radical (unpaired) electrons. The highest BCUT2D eigenvalue weighted by Crippen LogP contribution is 2.23. The molecule has 1 unspecified atom stereocenters. The molecule has 2 rings (SSSR count). The first kappa shape index (κ1) is 13.8. The minimum Gasteiger partial charge on any atom is -0.489 e. The third kappa shape index (κ3) is 3.01. The summed E-state index contributed by atoms with van der Waals surface area (Å²) in [5, 5.41) is 11.8. The molecule has 0 aromatic heterocycles. The summed E-state index contributed by atoms with van der Waals surface area (Å²) in [5.74, 6) is 0.787. The van der Waals surface area contributed by atoms with Crippen molar-refractivity contribution >= 4 is 0 Å². The number of rotatable bonds is 5. The summed E-state index contributed by atoms with van der Waals surface area (Å²) in [4.78, 5) is 10.7. The van der Waals surface area contributed by atoms with Crippen molar-refractivity contribution in [3.8, 4) is 11.8 Å². The number of hydrogen-bond donors (Lipinski definition) is 0. The van der Waals surface area contributed by atoms with Crippen LogP contribution in [0.15, 0.2) is 53.7 Å². The summed E-state index contributed by atoms with van der Waals surface area (Å²) in [5.41, 5.74) is 2.43. The van der Waals surface area contributed by atoms with Crippen LogP contribution in [-0.4, -0.2) is 0 Å². The second-order valence-electron chi connectivity index (χ2n) is 4.39. The molecule has 2 aromatic carbocycles. The number of ether oxygens (including phenoxy) is 1. The van der Waals surface area contributed by atoms with Gasteiger partial charge in [-0.2, -0.15) is 5.26 Å². The predicted octanol–water partition coefficient (Wildman–Crippen LogP) is 3.91. The van der Waals surface area contributed by atoms with Crippen LogP contribution in [0.4, 0.5) is 0 Å². The third-order valence-electron chi connectivity index (χ3n) is 3.05. The minimum atomic E-state index is -0.994. The summed E-state index contributed by atoms with van der Waals surface area (Å²) in [6, 6.07) is 15.8. The molecule has 0 N–H and O–H groups in total. The van der Waals surface area contributed by atoms with Crippen LogP contribution in [0.3, 0.4) is 0 Å². The Morgan fingerprint density at radius 2 is 1.90 bits per heavy atom. The van der Waals surface area contributed by atoms with E-state index in [0.717, 1.165) is 16.9 Å². The Labute approximate surface area is 117 Å². The van der Waals surface area contributed by atoms with Crippen molar-refractivity contribution in [2.24, 2.45) is 5.18 Å². The topological polar surface area (TPSA) is 62.4 Å². The van der Waals surface area contributed by atoms with E-state index in [4.69, 9.17) is 10.00 Å². The Morgan fingerprint density at radius 1 is 1.20 bits per heavy atom. The molecule has 100 valence electrons. The molecule has 0 saturated heterocycles. The van der Waals surface area contributed by atoms with Crippen molar-refractivity contribution in [3.05, 3.63) is 70.1 Å². The van der Waals surface area contributed by atoms with Crippen LogP contribution in [-0.2, 0) is 6.61 Å². The van der Waals surface area contributed by atoms with E-state index in [-0.39, 0.29) is 0 Å². The number of aryl methyl sites for hydroxylation is 1. The summed E-state index contributed by atoms with van der Waals surface area (Å²) in [6.45, 7) is 2.26. The van der Waals surface area contributed by atoms with Gasteiger partial charge in [-0.1, -0.05) is 42.5 Å². The average molecular weight is 266 g/mol. The second kappa shape index (κ2) is 6.48. The van der Waals surface area contributed by atoms with Crippen LogP contribution in [0.25, 0.3) is 0 Å². The van der Waals surface area contributed by atoms with Gasteiger partial charge < -0.3 is 4.74 Å². The van der Waals surface area contributed by atoms with E-state index in [2.05, 4.69) is 5.18 Å². The van der Waals surface area contributed by atoms with Crippen LogP contribution in [0.2, 0.25) is 0 Å². The van der Waals surface area contributed by atoms with E-state index in [1.54, 1.807) is 12.1 Å². The van der Waals surface area contributed by atoms with Crippen LogP contribution < -0.4 is 4.74 Å². The molecule has 0 heterocycles. The van der Waals surface area contributed by atoms with Gasteiger partial charge in [-0.05, 0) is 29.3 Å². The molecular formula is C16H14N2O2. The highest BCUT2D eigenvalue weighted by atomic mass is 16.5. The molecule has 0 fully saturated rings. The van der Waals surface area contributed by atoms with Gasteiger partial charge in [0.1, 0.15) is 12.4 Å². The summed E-state index contributed by atoms with van der Waals surface area (Å²) < 4.78 is 5.75. The van der Waals surface area contributed by atoms with E-state index in [1.807, 2.05) is 49.4 Å². The molecule has 2 aromatic rings. The Bertz CT molecular complexity index is 647. The van der Waals surface area contributed by atoms with Crippen LogP contribution in [0.1, 0.15) is 22.7 Å². The molecule has 4 nitrogen and oxygen atoms in total. The predicted molar refractivity (Wildman–Crippen MR) is 76.1 cm³/mol. The van der Waals surface area contributed by atoms with Gasteiger partial charge >= 0.3 is 0 Å². The number of nitriles is 1. The molecule has 0 bridgehead atoms. The van der Waals surface area contributed by atoms with Crippen LogP contribution in [0.5, 0.6) is 5.75 Å². The fourth-order valence-corrected chi connectivity index (χ4v) is 1.96. The smallest absolute Gasteiger partial charge is 0.203 e. The first-order valence-corrected chi connectivity index (χ1v) is 6.24. The number of hydrogen-bond acceptors (Lipinski definition) is 4. The lowest BCUT2D eigenvalue weighted by Gasteiger charge is -2.12. The Hall–Kier alpha value is -2.67.